The van der Waals surface area contributed by atoms with E-state index in [4.69, 9.17) is 16.3 Å². The first-order valence-corrected chi connectivity index (χ1v) is 15.5. The zero-order valence-electron chi connectivity index (χ0n) is 22.9. The minimum atomic E-state index is -4.75. The quantitative estimate of drug-likeness (QED) is 0.227. The third kappa shape index (κ3) is 5.78. The maximum absolute atomic E-state index is 14.0. The monoisotopic (exact) mass is 657 g/mol. The van der Waals surface area contributed by atoms with Crippen LogP contribution in [0.1, 0.15) is 22.3 Å². The molecule has 3 aromatic rings. The summed E-state index contributed by atoms with van der Waals surface area (Å²) < 4.78 is 116. The lowest BCUT2D eigenvalue weighted by atomic mass is 10.0. The molecule has 2 saturated heterocycles. The molecule has 0 saturated carbocycles. The molecule has 6 rings (SSSR count). The third-order valence-corrected chi connectivity index (χ3v) is 10.3. The van der Waals surface area contributed by atoms with E-state index in [2.05, 4.69) is 9.80 Å². The zero-order valence-corrected chi connectivity index (χ0v) is 24.5. The minimum absolute atomic E-state index is 0.0362. The summed E-state index contributed by atoms with van der Waals surface area (Å²) in [6.07, 6.45) is -6.79. The highest BCUT2D eigenvalue weighted by Gasteiger charge is 2.42. The summed E-state index contributed by atoms with van der Waals surface area (Å²) in [5.41, 5.74) is -1.11. The molecule has 6 nitrogen and oxygen atoms in total. The van der Waals surface area contributed by atoms with Crippen LogP contribution in [-0.2, 0) is 27.1 Å². The van der Waals surface area contributed by atoms with Gasteiger partial charge in [-0.05, 0) is 48.0 Å². The summed E-state index contributed by atoms with van der Waals surface area (Å²) >= 11 is 6.10. The van der Waals surface area contributed by atoms with Gasteiger partial charge < -0.3 is 9.64 Å². The van der Waals surface area contributed by atoms with Crippen molar-refractivity contribution >= 4 is 45.2 Å². The number of alkyl halides is 6. The van der Waals surface area contributed by atoms with Crippen molar-refractivity contribution in [2.75, 3.05) is 48.6 Å². The number of benzene rings is 3. The highest BCUT2D eigenvalue weighted by atomic mass is 35.5. The average Bonchev–Trinajstić information content (AvgIpc) is 2.94. The Morgan fingerprint density at radius 1 is 0.818 bits per heavy atom. The number of rotatable bonds is 5. The highest BCUT2D eigenvalue weighted by molar-refractivity contribution is 7.92. The Morgan fingerprint density at radius 3 is 2.25 bits per heavy atom. The standard InChI is InChI=1S/C30H26ClF6N3O3S/c31-26-6-2-5-25(30(35,36)37)24(26)9-7-19-8-10-27-28(13-19)40(16-21-15-38(11-12-39(21)27)22-17-43-18-22)44(41,42)23-4-1-3-20(14-23)29(32,33)34/h1-10,13-14,21-22H,11-12,15-18H2/b9-7+/t21-/m0/s1. The van der Waals surface area contributed by atoms with Crippen molar-refractivity contribution in [3.8, 4) is 0 Å². The summed E-state index contributed by atoms with van der Waals surface area (Å²) in [7, 11) is -4.49. The number of hydrogen-bond acceptors (Lipinski definition) is 5. The summed E-state index contributed by atoms with van der Waals surface area (Å²) in [6.45, 7) is 2.93. The molecule has 3 heterocycles. The highest BCUT2D eigenvalue weighted by Crippen LogP contribution is 2.42. The van der Waals surface area contributed by atoms with Gasteiger partial charge in [-0.2, -0.15) is 26.3 Å². The number of anilines is 2. The Kier molecular flexibility index (Phi) is 7.88. The lowest BCUT2D eigenvalue weighted by Crippen LogP contribution is -2.64. The maximum Gasteiger partial charge on any atom is 0.417 e. The van der Waals surface area contributed by atoms with Gasteiger partial charge in [-0.15, -0.1) is 0 Å². The largest absolute Gasteiger partial charge is 0.417 e. The normalized spacial score (nSPS) is 20.0. The van der Waals surface area contributed by atoms with Crippen molar-refractivity contribution < 1.29 is 39.5 Å². The van der Waals surface area contributed by atoms with E-state index in [-0.39, 0.29) is 34.9 Å². The van der Waals surface area contributed by atoms with Gasteiger partial charge in [-0.1, -0.05) is 42.0 Å². The molecule has 1 atom stereocenters. The van der Waals surface area contributed by atoms with E-state index in [0.29, 0.717) is 50.2 Å². The van der Waals surface area contributed by atoms with Crippen molar-refractivity contribution in [3.63, 3.8) is 0 Å². The van der Waals surface area contributed by atoms with Crippen LogP contribution < -0.4 is 9.21 Å². The van der Waals surface area contributed by atoms with Crippen LogP contribution in [0.5, 0.6) is 0 Å². The molecule has 3 aliphatic rings. The van der Waals surface area contributed by atoms with E-state index >= 15 is 0 Å². The van der Waals surface area contributed by atoms with Crippen LogP contribution >= 0.6 is 11.6 Å². The Hall–Kier alpha value is -3.26. The summed E-state index contributed by atoms with van der Waals surface area (Å²) in [4.78, 5) is 3.79. The minimum Gasteiger partial charge on any atom is -0.378 e. The molecule has 0 N–H and O–H groups in total. The van der Waals surface area contributed by atoms with Gasteiger partial charge in [0.1, 0.15) is 0 Å². The van der Waals surface area contributed by atoms with Crippen molar-refractivity contribution in [1.82, 2.24) is 4.90 Å². The Balaban J connectivity index is 1.42. The molecule has 0 amide bonds. The Bertz CT molecular complexity index is 1710. The Morgan fingerprint density at radius 2 is 1.57 bits per heavy atom. The number of sulfonamides is 1. The molecule has 3 aliphatic heterocycles. The predicted octanol–water partition coefficient (Wildman–Crippen LogP) is 6.65. The lowest BCUT2D eigenvalue weighted by molar-refractivity contribution is -0.138. The van der Waals surface area contributed by atoms with Crippen molar-refractivity contribution in [2.24, 2.45) is 0 Å². The number of nitrogens with zero attached hydrogens (tertiary/aromatic N) is 3. The first kappa shape index (κ1) is 30.8. The van der Waals surface area contributed by atoms with Gasteiger partial charge in [0.2, 0.25) is 0 Å². The second-order valence-electron chi connectivity index (χ2n) is 10.9. The van der Waals surface area contributed by atoms with E-state index in [1.807, 2.05) is 0 Å². The fraction of sp³-hybridized carbons (Fsp3) is 0.333. The number of halogens is 7. The first-order chi connectivity index (χ1) is 20.7. The van der Waals surface area contributed by atoms with Crippen LogP contribution in [-0.4, -0.2) is 64.8 Å². The summed E-state index contributed by atoms with van der Waals surface area (Å²) in [5.74, 6) is 0. The van der Waals surface area contributed by atoms with E-state index < -0.39 is 38.4 Å². The molecule has 14 heteroatoms. The second kappa shape index (κ2) is 11.3. The maximum atomic E-state index is 14.0. The fourth-order valence-electron chi connectivity index (χ4n) is 5.82. The van der Waals surface area contributed by atoms with E-state index in [1.165, 1.54) is 30.4 Å². The van der Waals surface area contributed by atoms with Crippen LogP contribution in [0.2, 0.25) is 5.02 Å². The molecule has 0 aliphatic carbocycles. The molecular formula is C30H26ClF6N3O3S. The third-order valence-electron chi connectivity index (χ3n) is 8.16. The van der Waals surface area contributed by atoms with Crippen molar-refractivity contribution in [2.45, 2.75) is 29.3 Å². The molecule has 0 spiro atoms. The van der Waals surface area contributed by atoms with Crippen LogP contribution in [0.4, 0.5) is 37.7 Å². The van der Waals surface area contributed by atoms with Crippen LogP contribution in [0.25, 0.3) is 12.2 Å². The molecular weight excluding hydrogens is 632 g/mol. The summed E-state index contributed by atoms with van der Waals surface area (Å²) in [5, 5.41) is -0.111. The van der Waals surface area contributed by atoms with Gasteiger partial charge in [0, 0.05) is 30.2 Å². The van der Waals surface area contributed by atoms with Gasteiger partial charge in [0.25, 0.3) is 10.0 Å². The van der Waals surface area contributed by atoms with Gasteiger partial charge in [0.05, 0.1) is 59.2 Å². The number of hydrogen-bond donors (Lipinski definition) is 0. The number of fused-ring (bicyclic) bond motifs is 3. The van der Waals surface area contributed by atoms with E-state index in [0.717, 1.165) is 28.6 Å². The molecule has 0 unspecified atom stereocenters. The van der Waals surface area contributed by atoms with E-state index in [9.17, 15) is 34.8 Å². The molecule has 234 valence electrons. The van der Waals surface area contributed by atoms with Gasteiger partial charge in [-0.25, -0.2) is 8.42 Å². The molecule has 0 aromatic heterocycles. The van der Waals surface area contributed by atoms with E-state index in [1.54, 1.807) is 12.1 Å². The van der Waals surface area contributed by atoms with Crippen molar-refractivity contribution in [1.29, 1.82) is 0 Å². The molecule has 2 fully saturated rings. The molecule has 3 aromatic carbocycles. The smallest absolute Gasteiger partial charge is 0.378 e. The topological polar surface area (TPSA) is 53.1 Å². The van der Waals surface area contributed by atoms with Crippen LogP contribution in [0, 0.1) is 0 Å². The zero-order chi connectivity index (χ0) is 31.4. The second-order valence-corrected chi connectivity index (χ2v) is 13.1. The predicted molar refractivity (Wildman–Crippen MR) is 155 cm³/mol. The van der Waals surface area contributed by atoms with Crippen LogP contribution in [0.15, 0.2) is 65.6 Å². The first-order valence-electron chi connectivity index (χ1n) is 13.7. The molecule has 0 bridgehead atoms. The SMILES string of the molecule is O=S(=O)(c1cccc(C(F)(F)F)c1)N1C[C@@H]2CN(C3COC3)CCN2c2ccc(/C=C/c3c(Cl)cccc3C(F)(F)F)cc21. The lowest BCUT2D eigenvalue weighted by Gasteiger charge is -2.51. The number of ether oxygens (including phenoxy) is 1. The van der Waals surface area contributed by atoms with Crippen molar-refractivity contribution in [3.05, 3.63) is 87.9 Å². The summed E-state index contributed by atoms with van der Waals surface area (Å²) in [6, 6.07) is 11.8. The fourth-order valence-corrected chi connectivity index (χ4v) is 7.61. The average molecular weight is 658 g/mol. The van der Waals surface area contributed by atoms with Crippen LogP contribution in [0.3, 0.4) is 0 Å². The molecule has 0 radical (unpaired) electrons. The van der Waals surface area contributed by atoms with Gasteiger partial charge in [0.15, 0.2) is 0 Å². The van der Waals surface area contributed by atoms with Gasteiger partial charge >= 0.3 is 12.4 Å². The number of piperazine rings is 1. The van der Waals surface area contributed by atoms with Gasteiger partial charge in [-0.3, -0.25) is 9.21 Å². The molecule has 44 heavy (non-hydrogen) atoms. The Labute approximate surface area is 255 Å².